The number of likely N-dealkylation sites (tertiary alicyclic amines) is 1. The number of fused-ring (bicyclic) bond motifs is 1. The molecule has 1 aromatic heterocycles. The summed E-state index contributed by atoms with van der Waals surface area (Å²) in [6.45, 7) is 3.05. The molecule has 40 heavy (non-hydrogen) atoms. The number of aryl methyl sites for hydroxylation is 1. The smallest absolute Gasteiger partial charge is 0.323 e. The highest BCUT2D eigenvalue weighted by atomic mass is 32.2. The Balaban J connectivity index is 1.54. The Morgan fingerprint density at radius 3 is 2.77 bits per heavy atom. The SMILES string of the molecule is Cc1cnc2c(S(=O)(=O)N[C@@H](CC(=O)NC[C@@H]3CCCN(C=NN)C3)C(=O)N(CC(=O)O)C3CC3)cccc2c1. The van der Waals surface area contributed by atoms with Crippen molar-refractivity contribution in [1.29, 1.82) is 0 Å². The number of amides is 2. The van der Waals surface area contributed by atoms with E-state index in [0.29, 0.717) is 31.3 Å². The zero-order chi connectivity index (χ0) is 28.9. The minimum atomic E-state index is -4.33. The van der Waals surface area contributed by atoms with E-state index >= 15 is 0 Å². The number of aromatic nitrogens is 1. The predicted octanol–water partition coefficient (Wildman–Crippen LogP) is 0.386. The molecule has 2 heterocycles. The van der Waals surface area contributed by atoms with Crippen LogP contribution < -0.4 is 15.9 Å². The maximum atomic E-state index is 13.6. The number of hydrogen-bond donors (Lipinski definition) is 4. The van der Waals surface area contributed by atoms with E-state index in [2.05, 4.69) is 20.1 Å². The molecule has 1 saturated carbocycles. The van der Waals surface area contributed by atoms with Gasteiger partial charge in [-0.05, 0) is 56.2 Å². The van der Waals surface area contributed by atoms with Gasteiger partial charge in [0.2, 0.25) is 21.8 Å². The number of carboxylic acids is 1. The van der Waals surface area contributed by atoms with Crippen LogP contribution in [0.2, 0.25) is 0 Å². The van der Waals surface area contributed by atoms with Gasteiger partial charge in [0.15, 0.2) is 0 Å². The van der Waals surface area contributed by atoms with Gasteiger partial charge in [0.1, 0.15) is 23.8 Å². The van der Waals surface area contributed by atoms with Gasteiger partial charge in [-0.3, -0.25) is 19.4 Å². The van der Waals surface area contributed by atoms with Crippen LogP contribution in [-0.4, -0.2) is 90.7 Å². The first-order valence-electron chi connectivity index (χ1n) is 13.2. The average molecular weight is 574 g/mol. The van der Waals surface area contributed by atoms with Crippen molar-refractivity contribution >= 4 is 45.0 Å². The first-order chi connectivity index (χ1) is 19.1. The van der Waals surface area contributed by atoms with E-state index < -0.39 is 46.8 Å². The standard InChI is InChI=1S/C26H35N7O6S/c1-17-10-19-5-2-6-22(25(19)29-12-17)40(38,39)31-21(26(37)33(15-24(35)36)20-7-8-20)11-23(34)28-13-18-4-3-9-32(14-18)16-30-27/h2,5-6,10,12,16,18,20-21,31H,3-4,7-9,11,13-15,27H2,1H3,(H,28,34)(H,35,36)/t18-,21-/m0/s1. The van der Waals surface area contributed by atoms with Crippen molar-refractivity contribution in [1.82, 2.24) is 24.8 Å². The van der Waals surface area contributed by atoms with Gasteiger partial charge in [-0.1, -0.05) is 12.1 Å². The Kier molecular flexibility index (Phi) is 9.20. The number of nitrogens with two attached hydrogens (primary N) is 1. The van der Waals surface area contributed by atoms with E-state index in [1.54, 1.807) is 30.7 Å². The molecule has 0 spiro atoms. The van der Waals surface area contributed by atoms with Gasteiger partial charge in [0, 0.05) is 37.3 Å². The molecule has 0 bridgehead atoms. The highest BCUT2D eigenvalue weighted by Crippen LogP contribution is 2.28. The molecular weight excluding hydrogens is 538 g/mol. The van der Waals surface area contributed by atoms with Crippen molar-refractivity contribution in [2.45, 2.75) is 56.0 Å². The van der Waals surface area contributed by atoms with E-state index in [-0.39, 0.29) is 22.4 Å². The predicted molar refractivity (Wildman–Crippen MR) is 148 cm³/mol. The first kappa shape index (κ1) is 29.2. The highest BCUT2D eigenvalue weighted by molar-refractivity contribution is 7.89. The van der Waals surface area contributed by atoms with Crippen molar-refractivity contribution in [2.75, 3.05) is 26.2 Å². The lowest BCUT2D eigenvalue weighted by Crippen LogP contribution is -2.52. The lowest BCUT2D eigenvalue weighted by Gasteiger charge is -2.31. The number of carbonyl (C=O) groups excluding carboxylic acids is 2. The van der Waals surface area contributed by atoms with Crippen LogP contribution in [0.5, 0.6) is 0 Å². The summed E-state index contributed by atoms with van der Waals surface area (Å²) in [5, 5.41) is 16.3. The summed E-state index contributed by atoms with van der Waals surface area (Å²) in [4.78, 5) is 45.3. The summed E-state index contributed by atoms with van der Waals surface area (Å²) < 4.78 is 29.5. The Labute approximate surface area is 232 Å². The summed E-state index contributed by atoms with van der Waals surface area (Å²) in [5.41, 5.74) is 1.08. The van der Waals surface area contributed by atoms with Crippen LogP contribution in [0, 0.1) is 12.8 Å². The molecule has 2 atom stereocenters. The number of sulfonamides is 1. The van der Waals surface area contributed by atoms with Gasteiger partial charge in [-0.25, -0.2) is 8.42 Å². The van der Waals surface area contributed by atoms with Gasteiger partial charge < -0.3 is 26.1 Å². The van der Waals surface area contributed by atoms with Crippen molar-refractivity contribution < 1.29 is 27.9 Å². The molecule has 5 N–H and O–H groups in total. The maximum absolute atomic E-state index is 13.6. The number of carbonyl (C=O) groups is 3. The van der Waals surface area contributed by atoms with Crippen LogP contribution in [0.15, 0.2) is 40.5 Å². The molecule has 13 nitrogen and oxygen atoms in total. The molecule has 2 aliphatic rings. The second kappa shape index (κ2) is 12.6. The fourth-order valence-electron chi connectivity index (χ4n) is 4.99. The molecule has 216 valence electrons. The fraction of sp³-hybridized carbons (Fsp3) is 0.500. The van der Waals surface area contributed by atoms with Crippen LogP contribution in [0.4, 0.5) is 0 Å². The third kappa shape index (κ3) is 7.45. The lowest BCUT2D eigenvalue weighted by atomic mass is 9.98. The molecule has 0 radical (unpaired) electrons. The van der Waals surface area contributed by atoms with E-state index in [1.807, 2.05) is 11.8 Å². The van der Waals surface area contributed by atoms with Gasteiger partial charge in [-0.15, -0.1) is 0 Å². The molecule has 0 unspecified atom stereocenters. The quantitative estimate of drug-likeness (QED) is 0.120. The third-order valence-electron chi connectivity index (χ3n) is 7.03. The second-order valence-electron chi connectivity index (χ2n) is 10.4. The van der Waals surface area contributed by atoms with Gasteiger partial charge >= 0.3 is 5.97 Å². The van der Waals surface area contributed by atoms with Gasteiger partial charge in [0.25, 0.3) is 0 Å². The van der Waals surface area contributed by atoms with Crippen molar-refractivity contribution in [2.24, 2.45) is 16.9 Å². The number of pyridine rings is 1. The number of carboxylic acid groups (broad SMARTS) is 1. The van der Waals surface area contributed by atoms with Gasteiger partial charge in [-0.2, -0.15) is 9.82 Å². The molecule has 1 aromatic carbocycles. The number of hydrazone groups is 1. The molecule has 1 aliphatic carbocycles. The van der Waals surface area contributed by atoms with Crippen LogP contribution in [0.25, 0.3) is 10.9 Å². The monoisotopic (exact) mass is 573 g/mol. The molecule has 1 aliphatic heterocycles. The molecule has 4 rings (SSSR count). The van der Waals surface area contributed by atoms with E-state index in [4.69, 9.17) is 5.84 Å². The zero-order valence-electron chi connectivity index (χ0n) is 22.3. The Hall–Kier alpha value is -3.78. The van der Waals surface area contributed by atoms with E-state index in [1.165, 1.54) is 6.07 Å². The summed E-state index contributed by atoms with van der Waals surface area (Å²) in [6.07, 6.45) is 5.62. The third-order valence-corrected chi connectivity index (χ3v) is 8.53. The lowest BCUT2D eigenvalue weighted by molar-refractivity contribution is -0.146. The van der Waals surface area contributed by atoms with Crippen LogP contribution in [-0.2, 0) is 24.4 Å². The topological polar surface area (TPSA) is 187 Å². The average Bonchev–Trinajstić information content (AvgIpc) is 3.75. The summed E-state index contributed by atoms with van der Waals surface area (Å²) in [5.74, 6) is 2.87. The fourth-order valence-corrected chi connectivity index (χ4v) is 6.36. The van der Waals surface area contributed by atoms with Gasteiger partial charge in [0.05, 0.1) is 11.9 Å². The van der Waals surface area contributed by atoms with E-state index in [9.17, 15) is 27.9 Å². The molecular formula is C26H35N7O6S. The summed E-state index contributed by atoms with van der Waals surface area (Å²) >= 11 is 0. The Morgan fingerprint density at radius 2 is 2.08 bits per heavy atom. The van der Waals surface area contributed by atoms with Crippen LogP contribution in [0.3, 0.4) is 0 Å². The maximum Gasteiger partial charge on any atom is 0.323 e. The van der Waals surface area contributed by atoms with E-state index in [0.717, 1.165) is 29.8 Å². The molecule has 2 fully saturated rings. The number of piperidine rings is 1. The minimum Gasteiger partial charge on any atom is -0.480 e. The zero-order valence-corrected chi connectivity index (χ0v) is 23.1. The number of aliphatic carboxylic acids is 1. The number of nitrogens with one attached hydrogen (secondary N) is 2. The van der Waals surface area contributed by atoms with Crippen molar-refractivity contribution in [3.8, 4) is 0 Å². The summed E-state index contributed by atoms with van der Waals surface area (Å²) in [7, 11) is -4.33. The number of rotatable bonds is 12. The highest BCUT2D eigenvalue weighted by Gasteiger charge is 2.39. The number of nitrogens with zero attached hydrogens (tertiary/aromatic N) is 4. The Bertz CT molecular complexity index is 1400. The summed E-state index contributed by atoms with van der Waals surface area (Å²) in [6, 6.07) is 4.68. The normalized spacial score (nSPS) is 18.5. The minimum absolute atomic E-state index is 0.127. The number of benzene rings is 1. The molecule has 1 saturated heterocycles. The Morgan fingerprint density at radius 1 is 1.30 bits per heavy atom. The first-order valence-corrected chi connectivity index (χ1v) is 14.7. The molecule has 2 amide bonds. The van der Waals surface area contributed by atoms with Crippen molar-refractivity contribution in [3.63, 3.8) is 0 Å². The number of para-hydroxylation sites is 1. The number of hydrogen-bond acceptors (Lipinski definition) is 8. The molecule has 2 aromatic rings. The van der Waals surface area contributed by atoms with Crippen LogP contribution >= 0.6 is 0 Å². The van der Waals surface area contributed by atoms with Crippen molar-refractivity contribution in [3.05, 3.63) is 36.0 Å². The molecule has 14 heteroatoms. The van der Waals surface area contributed by atoms with Crippen LogP contribution in [0.1, 0.15) is 37.7 Å². The second-order valence-corrected chi connectivity index (χ2v) is 12.1. The largest absolute Gasteiger partial charge is 0.480 e.